The number of hydrazone groups is 1. The lowest BCUT2D eigenvalue weighted by Gasteiger charge is -2.19. The van der Waals surface area contributed by atoms with E-state index in [1.165, 1.54) is 0 Å². The highest BCUT2D eigenvalue weighted by Gasteiger charge is 2.22. The second-order valence-corrected chi connectivity index (χ2v) is 6.61. The quantitative estimate of drug-likeness (QED) is 0.568. The molecular weight excluding hydrogens is 338 g/mol. The van der Waals surface area contributed by atoms with Crippen LogP contribution in [0.2, 0.25) is 0 Å². The summed E-state index contributed by atoms with van der Waals surface area (Å²) in [5.74, 6) is 0.600. The molecule has 2 aromatic carbocycles. The van der Waals surface area contributed by atoms with Crippen molar-refractivity contribution in [2.45, 2.75) is 25.7 Å². The molecular formula is C22H21N3O2. The fourth-order valence-electron chi connectivity index (χ4n) is 3.54. The van der Waals surface area contributed by atoms with Gasteiger partial charge in [-0.25, -0.2) is 5.43 Å². The molecule has 1 aromatic heterocycles. The number of amides is 1. The minimum atomic E-state index is -0.184. The van der Waals surface area contributed by atoms with Gasteiger partial charge in [-0.15, -0.1) is 0 Å². The van der Waals surface area contributed by atoms with Crippen molar-refractivity contribution in [2.75, 3.05) is 7.11 Å². The molecule has 0 radical (unpaired) electrons. The zero-order valence-corrected chi connectivity index (χ0v) is 15.2. The minimum absolute atomic E-state index is 0.184. The van der Waals surface area contributed by atoms with Crippen molar-refractivity contribution < 1.29 is 9.53 Å². The summed E-state index contributed by atoms with van der Waals surface area (Å²) in [5, 5.41) is 5.03. The molecule has 27 heavy (non-hydrogen) atoms. The van der Waals surface area contributed by atoms with Crippen LogP contribution in [0, 0.1) is 0 Å². The van der Waals surface area contributed by atoms with E-state index >= 15 is 0 Å². The predicted molar refractivity (Wildman–Crippen MR) is 106 cm³/mol. The number of aromatic nitrogens is 1. The van der Waals surface area contributed by atoms with Crippen LogP contribution in [-0.2, 0) is 12.8 Å². The summed E-state index contributed by atoms with van der Waals surface area (Å²) in [6.07, 6.45) is 5.65. The number of para-hydroxylation sites is 1. The van der Waals surface area contributed by atoms with Crippen LogP contribution in [-0.4, -0.2) is 24.2 Å². The number of pyridine rings is 1. The second kappa shape index (κ2) is 7.58. The van der Waals surface area contributed by atoms with Crippen LogP contribution in [0.25, 0.3) is 10.9 Å². The van der Waals surface area contributed by atoms with Gasteiger partial charge in [0.25, 0.3) is 5.91 Å². The summed E-state index contributed by atoms with van der Waals surface area (Å²) in [6.45, 7) is 0. The molecule has 1 amide bonds. The maximum absolute atomic E-state index is 12.9. The first-order valence-corrected chi connectivity index (χ1v) is 9.14. The summed E-state index contributed by atoms with van der Waals surface area (Å²) in [7, 11) is 1.63. The van der Waals surface area contributed by atoms with Crippen LogP contribution >= 0.6 is 0 Å². The number of hydrogen-bond acceptors (Lipinski definition) is 4. The molecule has 5 heteroatoms. The number of ether oxygens (including phenoxy) is 1. The fraction of sp³-hybridized carbons (Fsp3) is 0.227. The van der Waals surface area contributed by atoms with Crippen LogP contribution in [0.15, 0.2) is 53.6 Å². The van der Waals surface area contributed by atoms with E-state index < -0.39 is 0 Å². The Morgan fingerprint density at radius 2 is 1.89 bits per heavy atom. The number of nitrogens with one attached hydrogen (secondary N) is 1. The third-order valence-electron chi connectivity index (χ3n) is 4.89. The lowest BCUT2D eigenvalue weighted by molar-refractivity contribution is 0.0955. The molecule has 0 saturated heterocycles. The summed E-state index contributed by atoms with van der Waals surface area (Å²) in [4.78, 5) is 17.7. The number of rotatable bonds is 4. The first-order valence-electron chi connectivity index (χ1n) is 9.14. The molecule has 0 spiro atoms. The Morgan fingerprint density at radius 1 is 1.11 bits per heavy atom. The number of nitrogens with zero attached hydrogens (tertiary/aromatic N) is 2. The number of aryl methyl sites for hydroxylation is 1. The molecule has 1 aliphatic rings. The minimum Gasteiger partial charge on any atom is -0.497 e. The maximum atomic E-state index is 12.9. The van der Waals surface area contributed by atoms with E-state index in [-0.39, 0.29) is 5.91 Å². The molecule has 1 heterocycles. The molecule has 0 fully saturated rings. The van der Waals surface area contributed by atoms with Crippen LogP contribution in [0.4, 0.5) is 0 Å². The van der Waals surface area contributed by atoms with Gasteiger partial charge in [0.1, 0.15) is 5.75 Å². The molecule has 5 nitrogen and oxygen atoms in total. The van der Waals surface area contributed by atoms with Gasteiger partial charge in [0, 0.05) is 11.1 Å². The number of hydrogen-bond donors (Lipinski definition) is 1. The maximum Gasteiger partial charge on any atom is 0.272 e. The number of methoxy groups -OCH3 is 1. The average Bonchev–Trinajstić information content (AvgIpc) is 2.72. The van der Waals surface area contributed by atoms with Gasteiger partial charge in [-0.1, -0.05) is 18.2 Å². The first-order chi connectivity index (χ1) is 13.3. The summed E-state index contributed by atoms with van der Waals surface area (Å²) in [5.41, 5.74) is 7.26. The highest BCUT2D eigenvalue weighted by atomic mass is 16.5. The van der Waals surface area contributed by atoms with Gasteiger partial charge in [-0.2, -0.15) is 5.10 Å². The van der Waals surface area contributed by atoms with Gasteiger partial charge in [-0.05, 0) is 67.1 Å². The van der Waals surface area contributed by atoms with Crippen LogP contribution < -0.4 is 10.2 Å². The zero-order valence-electron chi connectivity index (χ0n) is 15.2. The van der Waals surface area contributed by atoms with Crippen LogP contribution in [0.5, 0.6) is 5.75 Å². The van der Waals surface area contributed by atoms with Crippen molar-refractivity contribution in [3.05, 3.63) is 70.9 Å². The topological polar surface area (TPSA) is 63.6 Å². The third kappa shape index (κ3) is 3.53. The fourth-order valence-corrected chi connectivity index (χ4v) is 3.54. The Morgan fingerprint density at radius 3 is 2.70 bits per heavy atom. The van der Waals surface area contributed by atoms with Crippen LogP contribution in [0.1, 0.15) is 40.0 Å². The van der Waals surface area contributed by atoms with E-state index in [0.717, 1.165) is 59.2 Å². The van der Waals surface area contributed by atoms with Crippen molar-refractivity contribution in [1.29, 1.82) is 0 Å². The first kappa shape index (κ1) is 17.2. The van der Waals surface area contributed by atoms with E-state index in [9.17, 15) is 4.79 Å². The zero-order chi connectivity index (χ0) is 18.6. The highest BCUT2D eigenvalue weighted by molar-refractivity contribution is 6.07. The standard InChI is InChI=1S/C22H21N3O2/c1-27-16-12-10-15(11-13-16)14-23-25-22(26)21-17-6-2-4-8-19(17)24-20-9-5-3-7-18(20)21/h2,4,6,8,10-14H,3,5,7,9H2,1H3,(H,25,26). The summed E-state index contributed by atoms with van der Waals surface area (Å²) < 4.78 is 5.14. The smallest absolute Gasteiger partial charge is 0.272 e. The molecule has 136 valence electrons. The Hall–Kier alpha value is -3.21. The van der Waals surface area contributed by atoms with Crippen LogP contribution in [0.3, 0.4) is 0 Å². The van der Waals surface area contributed by atoms with Gasteiger partial charge in [0.05, 0.1) is 24.4 Å². The van der Waals surface area contributed by atoms with Crippen molar-refractivity contribution in [3.8, 4) is 5.75 Å². The average molecular weight is 359 g/mol. The van der Waals surface area contributed by atoms with Gasteiger partial charge in [-0.3, -0.25) is 9.78 Å². The summed E-state index contributed by atoms with van der Waals surface area (Å²) >= 11 is 0. The Balaban J connectivity index is 1.63. The largest absolute Gasteiger partial charge is 0.497 e. The molecule has 3 aromatic rings. The van der Waals surface area contributed by atoms with Gasteiger partial charge < -0.3 is 4.74 Å². The lowest BCUT2D eigenvalue weighted by Crippen LogP contribution is -2.22. The van der Waals surface area contributed by atoms with Crippen molar-refractivity contribution >= 4 is 23.0 Å². The molecule has 1 aliphatic carbocycles. The molecule has 4 rings (SSSR count). The lowest BCUT2D eigenvalue weighted by atomic mass is 9.89. The normalized spacial score (nSPS) is 13.5. The number of carbonyl (C=O) groups excluding carboxylic acids is 1. The second-order valence-electron chi connectivity index (χ2n) is 6.61. The van der Waals surface area contributed by atoms with E-state index in [1.54, 1.807) is 13.3 Å². The SMILES string of the molecule is COc1ccc(C=NNC(=O)c2c3c(nc4ccccc24)CCCC3)cc1. The van der Waals surface area contributed by atoms with Crippen molar-refractivity contribution in [1.82, 2.24) is 10.4 Å². The van der Waals surface area contributed by atoms with E-state index in [1.807, 2.05) is 48.5 Å². The Kier molecular flexibility index (Phi) is 4.83. The predicted octanol–water partition coefficient (Wildman–Crippen LogP) is 3.89. The monoisotopic (exact) mass is 359 g/mol. The molecule has 0 saturated carbocycles. The number of fused-ring (bicyclic) bond motifs is 2. The van der Waals surface area contributed by atoms with E-state index in [4.69, 9.17) is 9.72 Å². The van der Waals surface area contributed by atoms with Gasteiger partial charge in [0.2, 0.25) is 0 Å². The van der Waals surface area contributed by atoms with Crippen molar-refractivity contribution in [3.63, 3.8) is 0 Å². The molecule has 0 aliphatic heterocycles. The summed E-state index contributed by atoms with van der Waals surface area (Å²) in [6, 6.07) is 15.3. The Labute approximate surface area is 158 Å². The molecule has 0 bridgehead atoms. The van der Waals surface area contributed by atoms with Gasteiger partial charge >= 0.3 is 0 Å². The Bertz CT molecular complexity index is 1010. The highest BCUT2D eigenvalue weighted by Crippen LogP contribution is 2.29. The molecule has 1 N–H and O–H groups in total. The van der Waals surface area contributed by atoms with E-state index in [2.05, 4.69) is 10.5 Å². The molecule has 0 unspecified atom stereocenters. The van der Waals surface area contributed by atoms with Crippen molar-refractivity contribution in [2.24, 2.45) is 5.10 Å². The van der Waals surface area contributed by atoms with Gasteiger partial charge in [0.15, 0.2) is 0 Å². The molecule has 0 atom stereocenters. The number of benzene rings is 2. The number of carbonyl (C=O) groups is 1. The van der Waals surface area contributed by atoms with E-state index in [0.29, 0.717) is 5.56 Å². The third-order valence-corrected chi connectivity index (χ3v) is 4.89.